The molecule has 2 aromatic rings. The second-order valence-corrected chi connectivity index (χ2v) is 9.21. The van der Waals surface area contributed by atoms with Crippen LogP contribution in [0, 0.1) is 5.92 Å². The van der Waals surface area contributed by atoms with Gasteiger partial charge in [-0.2, -0.15) is 0 Å². The predicted molar refractivity (Wildman–Crippen MR) is 101 cm³/mol. The highest BCUT2D eigenvalue weighted by atomic mass is 32.2. The molecule has 1 aliphatic heterocycles. The number of carbonyl (C=O) groups excluding carboxylic acids is 1. The van der Waals surface area contributed by atoms with Crippen LogP contribution < -0.4 is 14.8 Å². The first kappa shape index (κ1) is 18.7. The average Bonchev–Trinajstić information content (AvgIpc) is 3.20. The Kier molecular flexibility index (Phi) is 5.47. The van der Waals surface area contributed by atoms with Gasteiger partial charge in [-0.25, -0.2) is 13.4 Å². The van der Waals surface area contributed by atoms with Crippen molar-refractivity contribution in [1.82, 2.24) is 4.98 Å². The fourth-order valence-corrected chi connectivity index (χ4v) is 5.52. The van der Waals surface area contributed by atoms with Gasteiger partial charge in [0.1, 0.15) is 11.5 Å². The molecule has 1 N–H and O–H groups in total. The molecule has 7 nitrogen and oxygen atoms in total. The van der Waals surface area contributed by atoms with Gasteiger partial charge in [-0.1, -0.05) is 0 Å². The van der Waals surface area contributed by atoms with E-state index in [4.69, 9.17) is 9.47 Å². The summed E-state index contributed by atoms with van der Waals surface area (Å²) >= 11 is 1.31. The summed E-state index contributed by atoms with van der Waals surface area (Å²) in [5.74, 6) is 1.27. The van der Waals surface area contributed by atoms with Crippen LogP contribution in [0.4, 0.5) is 5.13 Å². The van der Waals surface area contributed by atoms with Crippen molar-refractivity contribution in [2.24, 2.45) is 5.92 Å². The number of thiazole rings is 1. The first-order valence-corrected chi connectivity index (χ1v) is 10.8. The van der Waals surface area contributed by atoms with Crippen LogP contribution in [0.25, 0.3) is 11.3 Å². The monoisotopic (exact) mass is 396 g/mol. The standard InChI is InChI=1S/C17H20N2O5S2/c1-23-12-3-4-15(24-2)13(8-12)14-9-25-17(18-14)19-16(20)7-11-5-6-26(21,22)10-11/h3-4,8-9,11H,5-7,10H2,1-2H3,(H,18,19,20). The van der Waals surface area contributed by atoms with E-state index in [0.29, 0.717) is 28.7 Å². The Morgan fingerprint density at radius 1 is 1.35 bits per heavy atom. The number of carbonyl (C=O) groups is 1. The van der Waals surface area contributed by atoms with Gasteiger partial charge in [-0.15, -0.1) is 11.3 Å². The molecule has 26 heavy (non-hydrogen) atoms. The van der Waals surface area contributed by atoms with E-state index in [0.717, 1.165) is 5.56 Å². The number of benzene rings is 1. The van der Waals surface area contributed by atoms with Crippen LogP contribution in [0.5, 0.6) is 11.5 Å². The van der Waals surface area contributed by atoms with Crippen molar-refractivity contribution in [1.29, 1.82) is 0 Å². The van der Waals surface area contributed by atoms with E-state index in [1.54, 1.807) is 26.4 Å². The number of hydrogen-bond acceptors (Lipinski definition) is 7. The summed E-state index contributed by atoms with van der Waals surface area (Å²) in [5.41, 5.74) is 1.44. The molecule has 1 aromatic heterocycles. The lowest BCUT2D eigenvalue weighted by molar-refractivity contribution is -0.116. The van der Waals surface area contributed by atoms with Gasteiger partial charge in [0.05, 0.1) is 31.4 Å². The number of aromatic nitrogens is 1. The maximum atomic E-state index is 12.2. The van der Waals surface area contributed by atoms with Gasteiger partial charge in [0.2, 0.25) is 5.91 Å². The van der Waals surface area contributed by atoms with Crippen LogP contribution in [-0.2, 0) is 14.6 Å². The fourth-order valence-electron chi connectivity index (χ4n) is 2.93. The van der Waals surface area contributed by atoms with Crippen molar-refractivity contribution in [2.45, 2.75) is 12.8 Å². The third kappa shape index (κ3) is 4.34. The minimum absolute atomic E-state index is 0.0878. The number of nitrogens with one attached hydrogen (secondary N) is 1. The van der Waals surface area contributed by atoms with Crippen LogP contribution in [0.2, 0.25) is 0 Å². The first-order valence-electron chi connectivity index (χ1n) is 8.08. The zero-order valence-corrected chi connectivity index (χ0v) is 16.2. The van der Waals surface area contributed by atoms with Gasteiger partial charge in [0.15, 0.2) is 15.0 Å². The van der Waals surface area contributed by atoms with Crippen molar-refractivity contribution in [3.05, 3.63) is 23.6 Å². The molecular weight excluding hydrogens is 376 g/mol. The molecule has 1 aromatic carbocycles. The molecular formula is C17H20N2O5S2. The lowest BCUT2D eigenvalue weighted by Crippen LogP contribution is -2.17. The van der Waals surface area contributed by atoms with Crippen LogP contribution in [0.3, 0.4) is 0 Å². The van der Waals surface area contributed by atoms with E-state index in [1.807, 2.05) is 11.4 Å². The summed E-state index contributed by atoms with van der Waals surface area (Å²) in [4.78, 5) is 16.6. The minimum Gasteiger partial charge on any atom is -0.497 e. The third-order valence-electron chi connectivity index (χ3n) is 4.23. The molecule has 1 aliphatic rings. The molecule has 0 radical (unpaired) electrons. The Morgan fingerprint density at radius 2 is 2.15 bits per heavy atom. The molecule has 1 atom stereocenters. The van der Waals surface area contributed by atoms with E-state index >= 15 is 0 Å². The average molecular weight is 396 g/mol. The zero-order valence-electron chi connectivity index (χ0n) is 14.5. The minimum atomic E-state index is -2.98. The molecule has 1 amide bonds. The fraction of sp³-hybridized carbons (Fsp3) is 0.412. The van der Waals surface area contributed by atoms with Crippen molar-refractivity contribution < 1.29 is 22.7 Å². The highest BCUT2D eigenvalue weighted by Gasteiger charge is 2.29. The van der Waals surface area contributed by atoms with Crippen LogP contribution >= 0.6 is 11.3 Å². The SMILES string of the molecule is COc1ccc(OC)c(-c2csc(NC(=O)CC3CCS(=O)(=O)C3)n2)c1. The van der Waals surface area contributed by atoms with Gasteiger partial charge in [0, 0.05) is 17.4 Å². The molecule has 0 saturated carbocycles. The summed E-state index contributed by atoms with van der Waals surface area (Å²) in [6, 6.07) is 5.42. The first-order chi connectivity index (χ1) is 12.4. The Bertz CT molecular complexity index is 908. The summed E-state index contributed by atoms with van der Waals surface area (Å²) in [7, 11) is 0.185. The van der Waals surface area contributed by atoms with Crippen LogP contribution in [0.1, 0.15) is 12.8 Å². The second-order valence-electron chi connectivity index (χ2n) is 6.13. The van der Waals surface area contributed by atoms with Crippen LogP contribution in [-0.4, -0.2) is 45.0 Å². The van der Waals surface area contributed by atoms with Crippen molar-refractivity contribution in [3.63, 3.8) is 0 Å². The number of nitrogens with zero attached hydrogens (tertiary/aromatic N) is 1. The van der Waals surface area contributed by atoms with E-state index in [9.17, 15) is 13.2 Å². The lowest BCUT2D eigenvalue weighted by Gasteiger charge is -2.08. The predicted octanol–water partition coefficient (Wildman–Crippen LogP) is 2.59. The van der Waals surface area contributed by atoms with Gasteiger partial charge < -0.3 is 14.8 Å². The number of rotatable bonds is 6. The molecule has 2 heterocycles. The molecule has 0 bridgehead atoms. The highest BCUT2D eigenvalue weighted by Crippen LogP contribution is 2.35. The Balaban J connectivity index is 1.69. The quantitative estimate of drug-likeness (QED) is 0.806. The largest absolute Gasteiger partial charge is 0.497 e. The van der Waals surface area contributed by atoms with E-state index in [1.165, 1.54) is 11.3 Å². The van der Waals surface area contributed by atoms with Crippen molar-refractivity contribution in [3.8, 4) is 22.8 Å². The number of methoxy groups -OCH3 is 2. The van der Waals surface area contributed by atoms with Crippen molar-refractivity contribution >= 4 is 32.2 Å². The molecule has 1 saturated heterocycles. The molecule has 1 unspecified atom stereocenters. The Hall–Kier alpha value is -2.13. The molecule has 9 heteroatoms. The number of amides is 1. The number of hydrogen-bond donors (Lipinski definition) is 1. The van der Waals surface area contributed by atoms with E-state index in [2.05, 4.69) is 10.3 Å². The summed E-state index contributed by atoms with van der Waals surface area (Å²) in [6.45, 7) is 0. The van der Waals surface area contributed by atoms with Gasteiger partial charge in [0.25, 0.3) is 0 Å². The zero-order chi connectivity index (χ0) is 18.7. The molecule has 0 aliphatic carbocycles. The van der Waals surface area contributed by atoms with Gasteiger partial charge in [-0.3, -0.25) is 4.79 Å². The topological polar surface area (TPSA) is 94.6 Å². The third-order valence-corrected chi connectivity index (χ3v) is 6.83. The summed E-state index contributed by atoms with van der Waals surface area (Å²) < 4.78 is 33.6. The summed E-state index contributed by atoms with van der Waals surface area (Å²) in [5, 5.41) is 5.05. The highest BCUT2D eigenvalue weighted by molar-refractivity contribution is 7.91. The van der Waals surface area contributed by atoms with Gasteiger partial charge in [-0.05, 0) is 30.5 Å². The van der Waals surface area contributed by atoms with E-state index in [-0.39, 0.29) is 29.8 Å². The Morgan fingerprint density at radius 3 is 2.81 bits per heavy atom. The molecule has 0 spiro atoms. The number of ether oxygens (including phenoxy) is 2. The number of sulfone groups is 1. The maximum Gasteiger partial charge on any atom is 0.226 e. The normalized spacial score (nSPS) is 18.5. The molecule has 3 rings (SSSR count). The number of anilines is 1. The maximum absolute atomic E-state index is 12.2. The summed E-state index contributed by atoms with van der Waals surface area (Å²) in [6.07, 6.45) is 0.733. The van der Waals surface area contributed by atoms with Crippen LogP contribution in [0.15, 0.2) is 23.6 Å². The van der Waals surface area contributed by atoms with E-state index < -0.39 is 9.84 Å². The van der Waals surface area contributed by atoms with Crippen molar-refractivity contribution in [2.75, 3.05) is 31.0 Å². The van der Waals surface area contributed by atoms with Gasteiger partial charge >= 0.3 is 0 Å². The lowest BCUT2D eigenvalue weighted by atomic mass is 10.1. The molecule has 140 valence electrons. The second kappa shape index (κ2) is 7.63. The smallest absolute Gasteiger partial charge is 0.226 e. The Labute approximate surface area is 156 Å². The molecule has 1 fully saturated rings.